The van der Waals surface area contributed by atoms with Crippen LogP contribution >= 0.6 is 11.8 Å². The summed E-state index contributed by atoms with van der Waals surface area (Å²) in [6.07, 6.45) is 0.655. The standard InChI is InChI=1S/C24H21F3N2O2S/c25-24(26,27)16-9-10-19-20(15-16)28-12-11-21(19)32-14-6-2-1-5-13-29-22(30)17-7-3-4-8-18(17)23(29)31/h3-4,7-12,15H,1-2,5-6,13-14H2. The molecule has 8 heteroatoms. The number of unbranched alkanes of at least 4 members (excludes halogenated alkanes) is 3. The first-order chi connectivity index (χ1) is 15.4. The molecule has 0 unspecified atom stereocenters. The highest BCUT2D eigenvalue weighted by atomic mass is 32.2. The summed E-state index contributed by atoms with van der Waals surface area (Å²) in [6.45, 7) is 0.413. The minimum absolute atomic E-state index is 0.223. The van der Waals surface area contributed by atoms with Crippen LogP contribution in [0, 0.1) is 0 Å². The van der Waals surface area contributed by atoms with Crippen molar-refractivity contribution in [3.63, 3.8) is 0 Å². The second-order valence-electron chi connectivity index (χ2n) is 7.61. The molecule has 32 heavy (non-hydrogen) atoms. The van der Waals surface area contributed by atoms with Gasteiger partial charge < -0.3 is 0 Å². The molecule has 0 radical (unpaired) electrons. The van der Waals surface area contributed by atoms with Crippen molar-refractivity contribution in [1.29, 1.82) is 0 Å². The van der Waals surface area contributed by atoms with Crippen molar-refractivity contribution in [2.45, 2.75) is 36.8 Å². The Morgan fingerprint density at radius 3 is 2.25 bits per heavy atom. The highest BCUT2D eigenvalue weighted by Crippen LogP contribution is 2.34. The van der Waals surface area contributed by atoms with Crippen molar-refractivity contribution >= 4 is 34.5 Å². The summed E-state index contributed by atoms with van der Waals surface area (Å²) in [5.41, 5.74) is 0.588. The van der Waals surface area contributed by atoms with E-state index in [1.807, 2.05) is 6.07 Å². The zero-order valence-electron chi connectivity index (χ0n) is 17.2. The molecule has 0 saturated carbocycles. The van der Waals surface area contributed by atoms with Gasteiger partial charge in [-0.05, 0) is 48.9 Å². The zero-order chi connectivity index (χ0) is 22.7. The number of imide groups is 1. The number of rotatable bonds is 8. The van der Waals surface area contributed by atoms with Gasteiger partial charge in [0, 0.05) is 23.0 Å². The van der Waals surface area contributed by atoms with Crippen LogP contribution in [0.15, 0.2) is 59.6 Å². The third kappa shape index (κ3) is 4.65. The molecule has 0 bridgehead atoms. The van der Waals surface area contributed by atoms with Crippen molar-refractivity contribution in [2.75, 3.05) is 12.3 Å². The Balaban J connectivity index is 1.22. The molecule has 4 nitrogen and oxygen atoms in total. The lowest BCUT2D eigenvalue weighted by Crippen LogP contribution is -2.30. The molecule has 2 aromatic carbocycles. The monoisotopic (exact) mass is 458 g/mol. The van der Waals surface area contributed by atoms with Crippen molar-refractivity contribution in [2.24, 2.45) is 0 Å². The number of aromatic nitrogens is 1. The number of amides is 2. The number of carbonyl (C=O) groups is 2. The number of benzene rings is 2. The summed E-state index contributed by atoms with van der Waals surface area (Å²) in [7, 11) is 0. The van der Waals surface area contributed by atoms with Gasteiger partial charge in [-0.1, -0.05) is 31.0 Å². The molecule has 2 amide bonds. The number of hydrogen-bond donors (Lipinski definition) is 0. The Kier molecular flexibility index (Phi) is 6.50. The van der Waals surface area contributed by atoms with Gasteiger partial charge in [0.2, 0.25) is 0 Å². The van der Waals surface area contributed by atoms with E-state index in [-0.39, 0.29) is 11.8 Å². The van der Waals surface area contributed by atoms with E-state index in [4.69, 9.17) is 0 Å². The molecule has 0 fully saturated rings. The fourth-order valence-corrected chi connectivity index (χ4v) is 4.83. The molecule has 0 N–H and O–H groups in total. The Hall–Kier alpha value is -2.87. The molecule has 0 spiro atoms. The first kappa shape index (κ1) is 22.3. The van der Waals surface area contributed by atoms with Gasteiger partial charge in [0.25, 0.3) is 11.8 Å². The number of halogens is 3. The summed E-state index contributed by atoms with van der Waals surface area (Å²) < 4.78 is 38.7. The highest BCUT2D eigenvalue weighted by Gasteiger charge is 2.34. The largest absolute Gasteiger partial charge is 0.416 e. The van der Waals surface area contributed by atoms with Crippen LogP contribution in [-0.2, 0) is 6.18 Å². The predicted molar refractivity (Wildman–Crippen MR) is 118 cm³/mol. The van der Waals surface area contributed by atoms with Crippen LogP contribution in [0.25, 0.3) is 10.9 Å². The van der Waals surface area contributed by atoms with Crippen LogP contribution in [0.4, 0.5) is 13.2 Å². The van der Waals surface area contributed by atoms with Crippen LogP contribution < -0.4 is 0 Å². The molecule has 0 atom stereocenters. The van der Waals surface area contributed by atoms with Gasteiger partial charge in [0.15, 0.2) is 0 Å². The summed E-state index contributed by atoms with van der Waals surface area (Å²) in [4.78, 5) is 31.0. The quantitative estimate of drug-likeness (QED) is 0.229. The number of carbonyl (C=O) groups excluding carboxylic acids is 2. The van der Waals surface area contributed by atoms with Crippen molar-refractivity contribution < 1.29 is 22.8 Å². The number of fused-ring (bicyclic) bond motifs is 2. The predicted octanol–water partition coefficient (Wildman–Crippen LogP) is 6.20. The van der Waals surface area contributed by atoms with Gasteiger partial charge in [-0.3, -0.25) is 19.5 Å². The summed E-state index contributed by atoms with van der Waals surface area (Å²) >= 11 is 1.60. The van der Waals surface area contributed by atoms with E-state index < -0.39 is 11.7 Å². The second-order valence-corrected chi connectivity index (χ2v) is 8.75. The van der Waals surface area contributed by atoms with Crippen molar-refractivity contribution in [1.82, 2.24) is 9.88 Å². The maximum atomic E-state index is 12.9. The van der Waals surface area contributed by atoms with E-state index in [2.05, 4.69) is 4.98 Å². The SMILES string of the molecule is O=C1c2ccccc2C(=O)N1CCCCCCSc1ccnc2cc(C(F)(F)F)ccc12. The number of alkyl halides is 3. The third-order valence-corrected chi connectivity index (χ3v) is 6.60. The molecule has 3 aromatic rings. The van der Waals surface area contributed by atoms with Gasteiger partial charge in [-0.2, -0.15) is 13.2 Å². The van der Waals surface area contributed by atoms with E-state index in [1.165, 1.54) is 17.2 Å². The second kappa shape index (κ2) is 9.32. The number of thioether (sulfide) groups is 1. The van der Waals surface area contributed by atoms with Gasteiger partial charge >= 0.3 is 6.18 Å². The lowest BCUT2D eigenvalue weighted by Gasteiger charge is -2.13. The first-order valence-corrected chi connectivity index (χ1v) is 11.4. The number of pyridine rings is 1. The lowest BCUT2D eigenvalue weighted by atomic mass is 10.1. The van der Waals surface area contributed by atoms with Gasteiger partial charge in [-0.25, -0.2) is 0 Å². The van der Waals surface area contributed by atoms with E-state index in [0.717, 1.165) is 53.9 Å². The topological polar surface area (TPSA) is 50.3 Å². The molecule has 0 saturated heterocycles. The number of hydrogen-bond acceptors (Lipinski definition) is 4. The minimum atomic E-state index is -4.38. The Morgan fingerprint density at radius 1 is 0.875 bits per heavy atom. The fraction of sp³-hybridized carbons (Fsp3) is 0.292. The van der Waals surface area contributed by atoms with Crippen LogP contribution in [0.5, 0.6) is 0 Å². The third-order valence-electron chi connectivity index (χ3n) is 5.44. The van der Waals surface area contributed by atoms with E-state index >= 15 is 0 Å². The molecule has 4 rings (SSSR count). The molecule has 1 aliphatic rings. The molecular formula is C24H21F3N2O2S. The lowest BCUT2D eigenvalue weighted by molar-refractivity contribution is -0.137. The average molecular weight is 459 g/mol. The van der Waals surface area contributed by atoms with Gasteiger partial charge in [0.05, 0.1) is 22.2 Å². The van der Waals surface area contributed by atoms with Crippen LogP contribution in [0.2, 0.25) is 0 Å². The van der Waals surface area contributed by atoms with Crippen LogP contribution in [0.3, 0.4) is 0 Å². The maximum Gasteiger partial charge on any atom is 0.416 e. The summed E-state index contributed by atoms with van der Waals surface area (Å²) in [6, 6.07) is 12.3. The van der Waals surface area contributed by atoms with E-state index in [9.17, 15) is 22.8 Å². The molecular weight excluding hydrogens is 437 g/mol. The van der Waals surface area contributed by atoms with E-state index in [0.29, 0.717) is 23.2 Å². The van der Waals surface area contributed by atoms with E-state index in [1.54, 1.807) is 36.0 Å². The van der Waals surface area contributed by atoms with Crippen LogP contribution in [0.1, 0.15) is 52.0 Å². The van der Waals surface area contributed by atoms with Gasteiger partial charge in [0.1, 0.15) is 0 Å². The highest BCUT2D eigenvalue weighted by molar-refractivity contribution is 7.99. The zero-order valence-corrected chi connectivity index (χ0v) is 18.0. The molecule has 0 aliphatic carbocycles. The number of nitrogens with zero attached hydrogens (tertiary/aromatic N) is 2. The fourth-order valence-electron chi connectivity index (χ4n) is 3.77. The maximum absolute atomic E-state index is 12.9. The average Bonchev–Trinajstić information content (AvgIpc) is 3.02. The molecule has 1 aromatic heterocycles. The van der Waals surface area contributed by atoms with Crippen molar-refractivity contribution in [3.8, 4) is 0 Å². The van der Waals surface area contributed by atoms with Gasteiger partial charge in [-0.15, -0.1) is 11.8 Å². The minimum Gasteiger partial charge on any atom is -0.274 e. The summed E-state index contributed by atoms with van der Waals surface area (Å²) in [5.74, 6) is 0.381. The Labute approximate surface area is 187 Å². The smallest absolute Gasteiger partial charge is 0.274 e. The van der Waals surface area contributed by atoms with Crippen LogP contribution in [-0.4, -0.2) is 34.0 Å². The molecule has 2 heterocycles. The first-order valence-electron chi connectivity index (χ1n) is 10.4. The Bertz CT molecular complexity index is 1130. The molecule has 1 aliphatic heterocycles. The van der Waals surface area contributed by atoms with Crippen molar-refractivity contribution in [3.05, 3.63) is 71.4 Å². The molecule has 166 valence electrons. The summed E-state index contributed by atoms with van der Waals surface area (Å²) in [5, 5.41) is 0.719. The Morgan fingerprint density at radius 2 is 1.56 bits per heavy atom. The normalized spacial score (nSPS) is 13.8.